The van der Waals surface area contributed by atoms with E-state index in [1.807, 2.05) is 72.8 Å². The molecule has 0 radical (unpaired) electrons. The van der Waals surface area contributed by atoms with E-state index in [1.54, 1.807) is 0 Å². The number of fused-ring (bicyclic) bond motifs is 6. The predicted octanol–water partition coefficient (Wildman–Crippen LogP) is 12.6. The summed E-state index contributed by atoms with van der Waals surface area (Å²) < 4.78 is 12.7. The SMILES string of the molecule is c1ccc(-c2nc(-c3ccc4ccccc4c3)nc(-c3cc(-c4ccc5c(c4)oc4cc6nc(-c7ccccc7)oc6cc45)cc4ccccc34)n2)cc1. The number of aromatic nitrogens is 4. The Bertz CT molecular complexity index is 3220. The Kier molecular flexibility index (Phi) is 6.75. The summed E-state index contributed by atoms with van der Waals surface area (Å²) in [4.78, 5) is 20.0. The lowest BCUT2D eigenvalue weighted by molar-refractivity contribution is 0.620. The Balaban J connectivity index is 1.06. The minimum absolute atomic E-state index is 0.593. The number of benzene rings is 8. The number of hydrogen-bond acceptors (Lipinski definition) is 6. The summed E-state index contributed by atoms with van der Waals surface area (Å²) in [5.74, 6) is 2.45. The van der Waals surface area contributed by atoms with Gasteiger partial charge in [-0.2, -0.15) is 0 Å². The van der Waals surface area contributed by atoms with E-state index in [0.29, 0.717) is 23.4 Å². The molecule has 252 valence electrons. The van der Waals surface area contributed by atoms with Gasteiger partial charge >= 0.3 is 0 Å². The van der Waals surface area contributed by atoms with Crippen LogP contribution in [0.2, 0.25) is 0 Å². The highest BCUT2D eigenvalue weighted by molar-refractivity contribution is 6.10. The maximum Gasteiger partial charge on any atom is 0.227 e. The topological polar surface area (TPSA) is 77.8 Å². The minimum Gasteiger partial charge on any atom is -0.456 e. The zero-order valence-corrected chi connectivity index (χ0v) is 28.8. The van der Waals surface area contributed by atoms with Gasteiger partial charge < -0.3 is 8.83 Å². The first kappa shape index (κ1) is 30.2. The van der Waals surface area contributed by atoms with Crippen LogP contribution >= 0.6 is 0 Å². The quantitative estimate of drug-likeness (QED) is 0.179. The van der Waals surface area contributed by atoms with Gasteiger partial charge in [0.1, 0.15) is 16.7 Å². The molecule has 0 atom stereocenters. The van der Waals surface area contributed by atoms with Gasteiger partial charge in [-0.05, 0) is 81.2 Å². The molecule has 11 aromatic rings. The van der Waals surface area contributed by atoms with Crippen molar-refractivity contribution < 1.29 is 8.83 Å². The van der Waals surface area contributed by atoms with Gasteiger partial charge in [-0.25, -0.2) is 19.9 Å². The van der Waals surface area contributed by atoms with Crippen LogP contribution in [-0.2, 0) is 0 Å². The molecule has 3 aromatic heterocycles. The van der Waals surface area contributed by atoms with Crippen LogP contribution in [0.3, 0.4) is 0 Å². The molecule has 8 aromatic carbocycles. The third kappa shape index (κ3) is 5.12. The van der Waals surface area contributed by atoms with Crippen molar-refractivity contribution in [2.45, 2.75) is 0 Å². The van der Waals surface area contributed by atoms with E-state index < -0.39 is 0 Å². The lowest BCUT2D eigenvalue weighted by Gasteiger charge is -2.13. The van der Waals surface area contributed by atoms with Gasteiger partial charge in [0, 0.05) is 39.1 Å². The average molecular weight is 693 g/mol. The summed E-state index contributed by atoms with van der Waals surface area (Å²) in [6, 6.07) is 57.9. The minimum atomic E-state index is 0.593. The van der Waals surface area contributed by atoms with E-state index in [4.69, 9.17) is 28.8 Å². The fraction of sp³-hybridized carbons (Fsp3) is 0. The first-order chi connectivity index (χ1) is 26.7. The first-order valence-corrected chi connectivity index (χ1v) is 17.9. The van der Waals surface area contributed by atoms with Crippen LogP contribution in [0.5, 0.6) is 0 Å². The molecule has 11 rings (SSSR count). The van der Waals surface area contributed by atoms with Crippen molar-refractivity contribution in [2.24, 2.45) is 0 Å². The molecule has 0 aliphatic rings. The Morgan fingerprint density at radius 3 is 1.80 bits per heavy atom. The molecule has 3 heterocycles. The second kappa shape index (κ2) is 12.1. The van der Waals surface area contributed by atoms with E-state index in [9.17, 15) is 0 Å². The van der Waals surface area contributed by atoms with Crippen molar-refractivity contribution in [3.05, 3.63) is 170 Å². The van der Waals surface area contributed by atoms with Gasteiger partial charge in [-0.3, -0.25) is 0 Å². The van der Waals surface area contributed by atoms with Crippen molar-refractivity contribution in [1.29, 1.82) is 0 Å². The van der Waals surface area contributed by atoms with Crippen molar-refractivity contribution in [3.63, 3.8) is 0 Å². The fourth-order valence-electron chi connectivity index (χ4n) is 7.41. The standard InChI is InChI=1S/C48H28N4O2/c1-3-12-30(13-4-1)45-50-46(35-20-19-29-11-7-8-16-32(29)23-35)52-47(51-45)40-25-36(24-34-17-9-10-18-37(34)40)33-21-22-38-39-27-44-41(28-43(39)53-42(38)26-33)49-48(54-44)31-14-5-2-6-15-31/h1-28H. The highest BCUT2D eigenvalue weighted by Gasteiger charge is 2.18. The summed E-state index contributed by atoms with van der Waals surface area (Å²) in [5.41, 5.74) is 8.82. The number of oxazole rings is 1. The number of hydrogen-bond donors (Lipinski definition) is 0. The molecule has 0 spiro atoms. The summed E-state index contributed by atoms with van der Waals surface area (Å²) >= 11 is 0. The van der Waals surface area contributed by atoms with E-state index in [0.717, 1.165) is 82.6 Å². The molecular formula is C48H28N4O2. The average Bonchev–Trinajstić information content (AvgIpc) is 3.82. The molecular weight excluding hydrogens is 665 g/mol. The van der Waals surface area contributed by atoms with Crippen LogP contribution < -0.4 is 0 Å². The molecule has 0 saturated carbocycles. The van der Waals surface area contributed by atoms with Gasteiger partial charge in [0.2, 0.25) is 5.89 Å². The van der Waals surface area contributed by atoms with E-state index in [1.165, 1.54) is 5.39 Å². The summed E-state index contributed by atoms with van der Waals surface area (Å²) in [7, 11) is 0. The van der Waals surface area contributed by atoms with E-state index in [2.05, 4.69) is 97.1 Å². The number of rotatable bonds is 5. The lowest BCUT2D eigenvalue weighted by atomic mass is 9.95. The zero-order chi connectivity index (χ0) is 35.6. The zero-order valence-electron chi connectivity index (χ0n) is 28.8. The highest BCUT2D eigenvalue weighted by atomic mass is 16.4. The Morgan fingerprint density at radius 2 is 0.963 bits per heavy atom. The van der Waals surface area contributed by atoms with Crippen LogP contribution in [0.25, 0.3) is 111 Å². The van der Waals surface area contributed by atoms with Gasteiger partial charge in [0.25, 0.3) is 0 Å². The molecule has 0 fully saturated rings. The normalized spacial score (nSPS) is 11.7. The maximum atomic E-state index is 6.49. The van der Waals surface area contributed by atoms with E-state index >= 15 is 0 Å². The van der Waals surface area contributed by atoms with Crippen molar-refractivity contribution in [1.82, 2.24) is 19.9 Å². The smallest absolute Gasteiger partial charge is 0.227 e. The molecule has 0 aliphatic heterocycles. The monoisotopic (exact) mass is 692 g/mol. The third-order valence-electron chi connectivity index (χ3n) is 10.1. The highest BCUT2D eigenvalue weighted by Crippen LogP contribution is 2.39. The molecule has 0 amide bonds. The van der Waals surface area contributed by atoms with Gasteiger partial charge in [0.15, 0.2) is 23.1 Å². The second-order valence-electron chi connectivity index (χ2n) is 13.5. The van der Waals surface area contributed by atoms with Crippen molar-refractivity contribution in [2.75, 3.05) is 0 Å². The molecule has 6 heteroatoms. The second-order valence-corrected chi connectivity index (χ2v) is 13.5. The van der Waals surface area contributed by atoms with Crippen LogP contribution in [0.15, 0.2) is 179 Å². The van der Waals surface area contributed by atoms with Gasteiger partial charge in [-0.1, -0.05) is 115 Å². The van der Waals surface area contributed by atoms with Crippen LogP contribution in [0, 0.1) is 0 Å². The van der Waals surface area contributed by atoms with Crippen LogP contribution in [0.1, 0.15) is 0 Å². The maximum absolute atomic E-state index is 6.49. The molecule has 6 nitrogen and oxygen atoms in total. The molecule has 0 aliphatic carbocycles. The molecule has 0 saturated heterocycles. The summed E-state index contributed by atoms with van der Waals surface area (Å²) in [5, 5.41) is 6.45. The number of nitrogens with zero attached hydrogens (tertiary/aromatic N) is 4. The summed E-state index contributed by atoms with van der Waals surface area (Å²) in [6.45, 7) is 0. The Hall–Kier alpha value is -7.44. The molecule has 0 N–H and O–H groups in total. The van der Waals surface area contributed by atoms with Gasteiger partial charge in [0.05, 0.1) is 0 Å². The fourth-order valence-corrected chi connectivity index (χ4v) is 7.41. The molecule has 0 unspecified atom stereocenters. The Morgan fingerprint density at radius 1 is 0.315 bits per heavy atom. The van der Waals surface area contributed by atoms with E-state index in [-0.39, 0.29) is 0 Å². The predicted molar refractivity (Wildman–Crippen MR) is 217 cm³/mol. The van der Waals surface area contributed by atoms with Crippen molar-refractivity contribution in [3.8, 4) is 56.7 Å². The molecule has 0 bridgehead atoms. The lowest BCUT2D eigenvalue weighted by Crippen LogP contribution is -2.01. The third-order valence-corrected chi connectivity index (χ3v) is 10.1. The van der Waals surface area contributed by atoms with Crippen LogP contribution in [-0.4, -0.2) is 19.9 Å². The first-order valence-electron chi connectivity index (χ1n) is 17.9. The Labute approximate surface area is 309 Å². The van der Waals surface area contributed by atoms with Gasteiger partial charge in [-0.15, -0.1) is 0 Å². The van der Waals surface area contributed by atoms with Crippen molar-refractivity contribution >= 4 is 54.6 Å². The largest absolute Gasteiger partial charge is 0.456 e. The number of furan rings is 1. The molecule has 54 heavy (non-hydrogen) atoms. The van der Waals surface area contributed by atoms with Crippen LogP contribution in [0.4, 0.5) is 0 Å². The summed E-state index contributed by atoms with van der Waals surface area (Å²) in [6.07, 6.45) is 0.